The summed E-state index contributed by atoms with van der Waals surface area (Å²) >= 11 is 0. The van der Waals surface area contributed by atoms with Gasteiger partial charge >= 0.3 is 0 Å². The molecule has 1 aliphatic carbocycles. The Bertz CT molecular complexity index is 409. The summed E-state index contributed by atoms with van der Waals surface area (Å²) in [6, 6.07) is 0.842. The van der Waals surface area contributed by atoms with Crippen molar-refractivity contribution >= 4 is 0 Å². The molecule has 0 unspecified atom stereocenters. The van der Waals surface area contributed by atoms with Crippen molar-refractivity contribution in [2.75, 3.05) is 26.2 Å². The van der Waals surface area contributed by atoms with Crippen molar-refractivity contribution in [3.63, 3.8) is 0 Å². The topological polar surface area (TPSA) is 50.5 Å². The van der Waals surface area contributed by atoms with Crippen molar-refractivity contribution in [3.8, 4) is 0 Å². The highest BCUT2D eigenvalue weighted by atomic mass is 16.5. The van der Waals surface area contributed by atoms with Crippen LogP contribution in [0.25, 0.3) is 0 Å². The summed E-state index contributed by atoms with van der Waals surface area (Å²) in [6.07, 6.45) is 3.06. The molecule has 2 heterocycles. The molecule has 0 radical (unpaired) electrons. The number of morpholine rings is 1. The molecule has 0 amide bonds. The Kier molecular flexibility index (Phi) is 3.86. The van der Waals surface area contributed by atoms with Crippen LogP contribution in [0.3, 0.4) is 0 Å². The Morgan fingerprint density at radius 2 is 2.21 bits per heavy atom. The molecular formula is C14H23N3O2. The molecule has 0 aromatic carbocycles. The van der Waals surface area contributed by atoms with E-state index in [2.05, 4.69) is 15.4 Å². The van der Waals surface area contributed by atoms with E-state index in [1.165, 1.54) is 18.4 Å². The highest BCUT2D eigenvalue weighted by Gasteiger charge is 2.32. The Balaban J connectivity index is 1.44. The predicted octanol–water partition coefficient (Wildman–Crippen LogP) is 1.24. The largest absolute Gasteiger partial charge is 0.374 e. The van der Waals surface area contributed by atoms with Crippen LogP contribution in [0.2, 0.25) is 0 Å². The standard InChI is InChI=1S/C14H23N3O2/c1-10-14(11(2)19-16-10)8-15-7-13-9-17(5-6-18-13)12-3-4-12/h12-13,15H,3-9H2,1-2H3/t13-/m1/s1. The number of aryl methyl sites for hydroxylation is 2. The van der Waals surface area contributed by atoms with Gasteiger partial charge in [0, 0.05) is 37.8 Å². The molecule has 1 aliphatic heterocycles. The molecule has 5 heteroatoms. The molecule has 1 saturated heterocycles. The lowest BCUT2D eigenvalue weighted by molar-refractivity contribution is -0.0301. The molecule has 0 bridgehead atoms. The molecule has 5 nitrogen and oxygen atoms in total. The minimum atomic E-state index is 0.315. The van der Waals surface area contributed by atoms with Crippen LogP contribution in [0, 0.1) is 13.8 Å². The number of hydrogen-bond donors (Lipinski definition) is 1. The highest BCUT2D eigenvalue weighted by Crippen LogP contribution is 2.28. The van der Waals surface area contributed by atoms with E-state index in [1.54, 1.807) is 0 Å². The minimum Gasteiger partial charge on any atom is -0.374 e. The summed E-state index contributed by atoms with van der Waals surface area (Å²) in [4.78, 5) is 2.58. The van der Waals surface area contributed by atoms with Gasteiger partial charge in [0.05, 0.1) is 18.4 Å². The smallest absolute Gasteiger partial charge is 0.138 e. The van der Waals surface area contributed by atoms with Gasteiger partial charge in [-0.05, 0) is 26.7 Å². The highest BCUT2D eigenvalue weighted by molar-refractivity contribution is 5.20. The average molecular weight is 265 g/mol. The predicted molar refractivity (Wildman–Crippen MR) is 72.0 cm³/mol. The van der Waals surface area contributed by atoms with E-state index in [9.17, 15) is 0 Å². The molecule has 1 atom stereocenters. The van der Waals surface area contributed by atoms with Crippen molar-refractivity contribution in [2.45, 2.75) is 45.4 Å². The normalized spacial score (nSPS) is 24.8. The van der Waals surface area contributed by atoms with E-state index in [1.807, 2.05) is 13.8 Å². The van der Waals surface area contributed by atoms with Gasteiger partial charge in [0.25, 0.3) is 0 Å². The van der Waals surface area contributed by atoms with Gasteiger partial charge in [0.2, 0.25) is 0 Å². The molecule has 1 saturated carbocycles. The number of nitrogens with zero attached hydrogens (tertiary/aromatic N) is 2. The number of hydrogen-bond acceptors (Lipinski definition) is 5. The second-order valence-corrected chi connectivity index (χ2v) is 5.65. The van der Waals surface area contributed by atoms with Crippen LogP contribution in [-0.4, -0.2) is 48.4 Å². The van der Waals surface area contributed by atoms with Gasteiger partial charge in [-0.15, -0.1) is 0 Å². The van der Waals surface area contributed by atoms with Gasteiger partial charge in [-0.1, -0.05) is 5.16 Å². The lowest BCUT2D eigenvalue weighted by Gasteiger charge is -2.33. The Hall–Kier alpha value is -0.910. The van der Waals surface area contributed by atoms with Crippen molar-refractivity contribution in [2.24, 2.45) is 0 Å². The molecule has 0 spiro atoms. The molecule has 3 rings (SSSR count). The van der Waals surface area contributed by atoms with Crippen molar-refractivity contribution in [1.29, 1.82) is 0 Å². The number of ether oxygens (including phenoxy) is 1. The molecule has 1 aromatic heterocycles. The van der Waals surface area contributed by atoms with Crippen LogP contribution in [0.1, 0.15) is 29.9 Å². The summed E-state index contributed by atoms with van der Waals surface area (Å²) in [5.74, 6) is 0.911. The molecule has 2 aliphatic rings. The van der Waals surface area contributed by atoms with Gasteiger partial charge in [-0.25, -0.2) is 0 Å². The SMILES string of the molecule is Cc1noc(C)c1CNC[C@@H]1CN(C2CC2)CCO1. The zero-order valence-electron chi connectivity index (χ0n) is 11.8. The van der Waals surface area contributed by atoms with Crippen molar-refractivity contribution in [3.05, 3.63) is 17.0 Å². The molecule has 1 aromatic rings. The first kappa shape index (κ1) is 13.1. The minimum absolute atomic E-state index is 0.315. The van der Waals surface area contributed by atoms with E-state index >= 15 is 0 Å². The zero-order valence-corrected chi connectivity index (χ0v) is 11.8. The average Bonchev–Trinajstić information content (AvgIpc) is 3.21. The first-order chi connectivity index (χ1) is 9.24. The second kappa shape index (κ2) is 5.61. The third-order valence-electron chi connectivity index (χ3n) is 4.09. The summed E-state index contributed by atoms with van der Waals surface area (Å²) < 4.78 is 11.0. The molecule has 106 valence electrons. The fraction of sp³-hybridized carbons (Fsp3) is 0.786. The summed E-state index contributed by atoms with van der Waals surface area (Å²) in [7, 11) is 0. The number of aromatic nitrogens is 1. The molecule has 1 N–H and O–H groups in total. The van der Waals surface area contributed by atoms with E-state index in [0.717, 1.165) is 50.3 Å². The zero-order chi connectivity index (χ0) is 13.2. The third kappa shape index (κ3) is 3.16. The Morgan fingerprint density at radius 3 is 2.89 bits per heavy atom. The van der Waals surface area contributed by atoms with Gasteiger partial charge in [-0.2, -0.15) is 0 Å². The van der Waals surface area contributed by atoms with Crippen LogP contribution in [0.15, 0.2) is 4.52 Å². The van der Waals surface area contributed by atoms with Crippen LogP contribution < -0.4 is 5.32 Å². The first-order valence-corrected chi connectivity index (χ1v) is 7.22. The van der Waals surface area contributed by atoms with Crippen LogP contribution in [0.5, 0.6) is 0 Å². The summed E-state index contributed by atoms with van der Waals surface area (Å²) in [6.45, 7) is 8.69. The lowest BCUT2D eigenvalue weighted by Crippen LogP contribution is -2.47. The van der Waals surface area contributed by atoms with E-state index in [4.69, 9.17) is 9.26 Å². The summed E-state index contributed by atoms with van der Waals surface area (Å²) in [5, 5.41) is 7.44. The Morgan fingerprint density at radius 1 is 1.37 bits per heavy atom. The molecular weight excluding hydrogens is 242 g/mol. The Labute approximate surface area is 114 Å². The maximum atomic E-state index is 5.82. The fourth-order valence-electron chi connectivity index (χ4n) is 2.75. The van der Waals surface area contributed by atoms with E-state index in [-0.39, 0.29) is 0 Å². The van der Waals surface area contributed by atoms with Crippen LogP contribution in [-0.2, 0) is 11.3 Å². The monoisotopic (exact) mass is 265 g/mol. The maximum Gasteiger partial charge on any atom is 0.138 e. The van der Waals surface area contributed by atoms with Crippen LogP contribution >= 0.6 is 0 Å². The van der Waals surface area contributed by atoms with Crippen molar-refractivity contribution < 1.29 is 9.26 Å². The van der Waals surface area contributed by atoms with Crippen LogP contribution in [0.4, 0.5) is 0 Å². The second-order valence-electron chi connectivity index (χ2n) is 5.65. The fourth-order valence-corrected chi connectivity index (χ4v) is 2.75. The number of rotatable bonds is 5. The van der Waals surface area contributed by atoms with E-state index in [0.29, 0.717) is 6.10 Å². The van der Waals surface area contributed by atoms with Crippen molar-refractivity contribution in [1.82, 2.24) is 15.4 Å². The van der Waals surface area contributed by atoms with E-state index < -0.39 is 0 Å². The van der Waals surface area contributed by atoms with Gasteiger partial charge in [-0.3, -0.25) is 4.90 Å². The van der Waals surface area contributed by atoms with Gasteiger partial charge in [0.15, 0.2) is 0 Å². The third-order valence-corrected chi connectivity index (χ3v) is 4.09. The number of nitrogens with one attached hydrogen (secondary N) is 1. The molecule has 2 fully saturated rings. The van der Waals surface area contributed by atoms with Gasteiger partial charge < -0.3 is 14.6 Å². The quantitative estimate of drug-likeness (QED) is 0.868. The molecule has 19 heavy (non-hydrogen) atoms. The maximum absolute atomic E-state index is 5.82. The lowest BCUT2D eigenvalue weighted by atomic mass is 10.2. The summed E-state index contributed by atoms with van der Waals surface area (Å²) in [5.41, 5.74) is 2.16. The van der Waals surface area contributed by atoms with Gasteiger partial charge in [0.1, 0.15) is 5.76 Å². The first-order valence-electron chi connectivity index (χ1n) is 7.22.